The second-order valence-electron chi connectivity index (χ2n) is 3.69. The zero-order valence-electron chi connectivity index (χ0n) is 9.47. The van der Waals surface area contributed by atoms with Gasteiger partial charge in [-0.1, -0.05) is 18.5 Å². The molecule has 1 unspecified atom stereocenters. The Labute approximate surface area is 105 Å². The standard InChI is InChI=1S/C11H14ClN5/c1-2-9-15-10(13)16-11(14)17(9)8-5-3-7(12)4-6-8/h3-6,9H,2H2,1H3,(H4,13,14,15,16). The van der Waals surface area contributed by atoms with Gasteiger partial charge in [-0.05, 0) is 30.7 Å². The lowest BCUT2D eigenvalue weighted by atomic mass is 10.2. The number of rotatable bonds is 2. The number of aliphatic imine (C=N–C) groups is 2. The molecule has 0 aromatic heterocycles. The first kappa shape index (κ1) is 11.7. The third-order valence-electron chi connectivity index (χ3n) is 2.53. The van der Waals surface area contributed by atoms with Crippen LogP contribution in [0.1, 0.15) is 13.3 Å². The summed E-state index contributed by atoms with van der Waals surface area (Å²) in [6, 6.07) is 7.37. The molecule has 1 heterocycles. The highest BCUT2D eigenvalue weighted by Gasteiger charge is 2.24. The Bertz CT molecular complexity index is 465. The Morgan fingerprint density at radius 2 is 1.94 bits per heavy atom. The Hall–Kier alpha value is -1.75. The number of halogens is 1. The number of hydrogen-bond acceptors (Lipinski definition) is 5. The molecule has 6 heteroatoms. The first-order valence-corrected chi connectivity index (χ1v) is 5.72. The molecular formula is C11H14ClN5. The predicted molar refractivity (Wildman–Crippen MR) is 71.3 cm³/mol. The van der Waals surface area contributed by atoms with Gasteiger partial charge in [0.25, 0.3) is 0 Å². The number of benzene rings is 1. The molecular weight excluding hydrogens is 238 g/mol. The van der Waals surface area contributed by atoms with Crippen molar-refractivity contribution in [3.63, 3.8) is 0 Å². The maximum atomic E-state index is 5.89. The Kier molecular flexibility index (Phi) is 3.19. The van der Waals surface area contributed by atoms with Gasteiger partial charge in [-0.25, -0.2) is 4.99 Å². The highest BCUT2D eigenvalue weighted by molar-refractivity contribution is 6.30. The smallest absolute Gasteiger partial charge is 0.220 e. The summed E-state index contributed by atoms with van der Waals surface area (Å²) in [5.74, 6) is 0.575. The number of guanidine groups is 2. The van der Waals surface area contributed by atoms with Crippen LogP contribution in [0.3, 0.4) is 0 Å². The van der Waals surface area contributed by atoms with Gasteiger partial charge in [0, 0.05) is 10.7 Å². The van der Waals surface area contributed by atoms with E-state index in [1.807, 2.05) is 24.0 Å². The Morgan fingerprint density at radius 1 is 1.29 bits per heavy atom. The second-order valence-corrected chi connectivity index (χ2v) is 4.13. The number of nitrogens with zero attached hydrogens (tertiary/aromatic N) is 3. The Balaban J connectivity index is 2.37. The largest absolute Gasteiger partial charge is 0.369 e. The average Bonchev–Trinajstić information content (AvgIpc) is 2.30. The molecule has 0 saturated heterocycles. The van der Waals surface area contributed by atoms with Crippen LogP contribution in [-0.4, -0.2) is 18.1 Å². The van der Waals surface area contributed by atoms with E-state index in [1.165, 1.54) is 0 Å². The monoisotopic (exact) mass is 251 g/mol. The van der Waals surface area contributed by atoms with Gasteiger partial charge in [0.1, 0.15) is 6.17 Å². The molecule has 2 rings (SSSR count). The first-order chi connectivity index (χ1) is 8.11. The summed E-state index contributed by atoms with van der Waals surface area (Å²) < 4.78 is 0. The Morgan fingerprint density at radius 3 is 2.53 bits per heavy atom. The quantitative estimate of drug-likeness (QED) is 0.836. The maximum absolute atomic E-state index is 5.89. The van der Waals surface area contributed by atoms with Gasteiger partial charge >= 0.3 is 0 Å². The highest BCUT2D eigenvalue weighted by Crippen LogP contribution is 2.23. The number of nitrogens with two attached hydrogens (primary N) is 2. The van der Waals surface area contributed by atoms with Crippen molar-refractivity contribution in [2.75, 3.05) is 4.90 Å². The van der Waals surface area contributed by atoms with Crippen molar-refractivity contribution in [1.29, 1.82) is 0 Å². The summed E-state index contributed by atoms with van der Waals surface area (Å²) in [5, 5.41) is 0.678. The van der Waals surface area contributed by atoms with Gasteiger partial charge < -0.3 is 11.5 Å². The molecule has 0 saturated carbocycles. The lowest BCUT2D eigenvalue weighted by Gasteiger charge is -2.31. The van der Waals surface area contributed by atoms with Crippen LogP contribution in [0, 0.1) is 0 Å². The summed E-state index contributed by atoms with van der Waals surface area (Å²) in [5.41, 5.74) is 12.4. The van der Waals surface area contributed by atoms with Gasteiger partial charge in [-0.3, -0.25) is 4.90 Å². The molecule has 4 N–H and O–H groups in total. The molecule has 1 aliphatic heterocycles. The van der Waals surface area contributed by atoms with Crippen LogP contribution in [-0.2, 0) is 0 Å². The fourth-order valence-electron chi connectivity index (χ4n) is 1.74. The van der Waals surface area contributed by atoms with Gasteiger partial charge in [0.2, 0.25) is 11.9 Å². The molecule has 0 bridgehead atoms. The predicted octanol–water partition coefficient (Wildman–Crippen LogP) is 1.53. The van der Waals surface area contributed by atoms with Crippen LogP contribution in [0.25, 0.3) is 0 Å². The van der Waals surface area contributed by atoms with Crippen molar-refractivity contribution in [1.82, 2.24) is 0 Å². The van der Waals surface area contributed by atoms with E-state index in [-0.39, 0.29) is 12.1 Å². The van der Waals surface area contributed by atoms with E-state index in [2.05, 4.69) is 9.98 Å². The topological polar surface area (TPSA) is 80.0 Å². The van der Waals surface area contributed by atoms with Crippen molar-refractivity contribution >= 4 is 29.2 Å². The van der Waals surface area contributed by atoms with Crippen molar-refractivity contribution in [2.24, 2.45) is 21.5 Å². The lowest BCUT2D eigenvalue weighted by molar-refractivity contribution is 0.660. The fraction of sp³-hybridized carbons (Fsp3) is 0.273. The van der Waals surface area contributed by atoms with Crippen LogP contribution < -0.4 is 16.4 Å². The molecule has 17 heavy (non-hydrogen) atoms. The molecule has 0 amide bonds. The first-order valence-electron chi connectivity index (χ1n) is 5.34. The SMILES string of the molecule is CCC1N=C(N)N=C(N)N1c1ccc(Cl)cc1. The van der Waals surface area contributed by atoms with Crippen LogP contribution in [0.4, 0.5) is 5.69 Å². The van der Waals surface area contributed by atoms with Crippen molar-refractivity contribution in [3.05, 3.63) is 29.3 Å². The molecule has 0 aliphatic carbocycles. The van der Waals surface area contributed by atoms with E-state index in [0.29, 0.717) is 11.0 Å². The molecule has 0 fully saturated rings. The van der Waals surface area contributed by atoms with Crippen molar-refractivity contribution in [2.45, 2.75) is 19.5 Å². The molecule has 1 aromatic rings. The maximum Gasteiger partial charge on any atom is 0.220 e. The second kappa shape index (κ2) is 4.63. The van der Waals surface area contributed by atoms with Crippen LogP contribution in [0.15, 0.2) is 34.3 Å². The molecule has 1 aliphatic rings. The van der Waals surface area contributed by atoms with Gasteiger partial charge in [0.15, 0.2) is 0 Å². The third-order valence-corrected chi connectivity index (χ3v) is 2.78. The highest BCUT2D eigenvalue weighted by atomic mass is 35.5. The molecule has 0 radical (unpaired) electrons. The van der Waals surface area contributed by atoms with E-state index in [9.17, 15) is 0 Å². The molecule has 0 spiro atoms. The van der Waals surface area contributed by atoms with Crippen LogP contribution in [0.5, 0.6) is 0 Å². The van der Waals surface area contributed by atoms with Gasteiger partial charge in [-0.2, -0.15) is 4.99 Å². The summed E-state index contributed by atoms with van der Waals surface area (Å²) in [6.07, 6.45) is 0.674. The molecule has 1 aromatic carbocycles. The fourth-order valence-corrected chi connectivity index (χ4v) is 1.87. The van der Waals surface area contributed by atoms with Gasteiger partial charge in [0.05, 0.1) is 0 Å². The summed E-state index contributed by atoms with van der Waals surface area (Å²) in [4.78, 5) is 10.1. The van der Waals surface area contributed by atoms with Crippen molar-refractivity contribution < 1.29 is 0 Å². The minimum absolute atomic E-state index is 0.117. The minimum atomic E-state index is -0.117. The lowest BCUT2D eigenvalue weighted by Crippen LogP contribution is -2.48. The zero-order chi connectivity index (χ0) is 12.4. The zero-order valence-corrected chi connectivity index (χ0v) is 10.2. The third kappa shape index (κ3) is 2.34. The molecule has 1 atom stereocenters. The summed E-state index contributed by atoms with van der Waals surface area (Å²) >= 11 is 5.85. The van der Waals surface area contributed by atoms with E-state index in [0.717, 1.165) is 12.1 Å². The average molecular weight is 252 g/mol. The summed E-state index contributed by atoms with van der Waals surface area (Å²) in [7, 11) is 0. The van der Waals surface area contributed by atoms with Gasteiger partial charge in [-0.15, -0.1) is 0 Å². The van der Waals surface area contributed by atoms with Crippen LogP contribution >= 0.6 is 11.6 Å². The number of anilines is 1. The van der Waals surface area contributed by atoms with E-state index < -0.39 is 0 Å². The molecule has 90 valence electrons. The number of hydrogen-bond donors (Lipinski definition) is 2. The summed E-state index contributed by atoms with van der Waals surface area (Å²) in [6.45, 7) is 2.02. The van der Waals surface area contributed by atoms with E-state index in [4.69, 9.17) is 23.1 Å². The normalized spacial score (nSPS) is 19.9. The van der Waals surface area contributed by atoms with Crippen molar-refractivity contribution in [3.8, 4) is 0 Å². The van der Waals surface area contributed by atoms with Crippen LogP contribution in [0.2, 0.25) is 5.02 Å². The van der Waals surface area contributed by atoms with E-state index in [1.54, 1.807) is 12.1 Å². The minimum Gasteiger partial charge on any atom is -0.369 e. The van der Waals surface area contributed by atoms with E-state index >= 15 is 0 Å². The molecule has 5 nitrogen and oxygen atoms in total.